The number of carbonyl (C=O) groups excluding carboxylic acids is 1. The molecule has 3 unspecified atom stereocenters. The fourth-order valence-corrected chi connectivity index (χ4v) is 3.68. The number of nitrogens with one attached hydrogen (secondary N) is 3. The number of hydrazine groups is 1. The normalized spacial score (nSPS) is 19.0. The summed E-state index contributed by atoms with van der Waals surface area (Å²) in [4.78, 5) is 12.9. The van der Waals surface area contributed by atoms with Crippen molar-refractivity contribution in [3.05, 3.63) is 53.6 Å². The molecule has 1 amide bonds. The quantitative estimate of drug-likeness (QED) is 0.502. The van der Waals surface area contributed by atoms with Crippen molar-refractivity contribution in [2.75, 3.05) is 20.8 Å². The van der Waals surface area contributed by atoms with Crippen LogP contribution >= 0.6 is 0 Å². The smallest absolute Gasteiger partial charge is 0.239 e. The molecule has 0 aromatic heterocycles. The SMILES string of the molecule is CCCCOc1ccccc1C1CC(C(=O)NC(C)c2ccc(OC)c(OC)c2)NN1. The Morgan fingerprint density at radius 2 is 1.87 bits per heavy atom. The second kappa shape index (κ2) is 11.0. The monoisotopic (exact) mass is 427 g/mol. The van der Waals surface area contributed by atoms with Crippen LogP contribution in [-0.2, 0) is 4.79 Å². The molecule has 1 aliphatic rings. The largest absolute Gasteiger partial charge is 0.493 e. The average molecular weight is 428 g/mol. The van der Waals surface area contributed by atoms with Crippen molar-refractivity contribution in [1.82, 2.24) is 16.2 Å². The summed E-state index contributed by atoms with van der Waals surface area (Å²) in [5.74, 6) is 2.12. The first kappa shape index (κ1) is 22.9. The summed E-state index contributed by atoms with van der Waals surface area (Å²) in [5.41, 5.74) is 8.40. The molecule has 0 saturated carbocycles. The highest BCUT2D eigenvalue weighted by Gasteiger charge is 2.32. The Morgan fingerprint density at radius 3 is 2.61 bits per heavy atom. The van der Waals surface area contributed by atoms with Crippen LogP contribution in [0.25, 0.3) is 0 Å². The van der Waals surface area contributed by atoms with Crippen molar-refractivity contribution < 1.29 is 19.0 Å². The van der Waals surface area contributed by atoms with E-state index in [9.17, 15) is 4.79 Å². The molecule has 1 heterocycles. The molecule has 2 aromatic carbocycles. The first-order chi connectivity index (χ1) is 15.1. The van der Waals surface area contributed by atoms with Crippen molar-refractivity contribution in [3.63, 3.8) is 0 Å². The Hall–Kier alpha value is -2.77. The number of hydrogen-bond acceptors (Lipinski definition) is 6. The van der Waals surface area contributed by atoms with Gasteiger partial charge in [-0.3, -0.25) is 4.79 Å². The maximum Gasteiger partial charge on any atom is 0.239 e. The van der Waals surface area contributed by atoms with Gasteiger partial charge in [-0.05, 0) is 43.5 Å². The lowest BCUT2D eigenvalue weighted by molar-refractivity contribution is -0.123. The van der Waals surface area contributed by atoms with Crippen molar-refractivity contribution in [3.8, 4) is 17.2 Å². The summed E-state index contributed by atoms with van der Waals surface area (Å²) >= 11 is 0. The standard InChI is InChI=1S/C24H33N3O4/c1-5-6-13-31-21-10-8-7-9-18(21)19-15-20(27-26-19)24(28)25-16(2)17-11-12-22(29-3)23(14-17)30-4/h7-12,14,16,19-20,26-27H,5-6,13,15H2,1-4H3,(H,25,28). The van der Waals surface area contributed by atoms with Gasteiger partial charge in [0.15, 0.2) is 11.5 Å². The van der Waals surface area contributed by atoms with Gasteiger partial charge in [-0.15, -0.1) is 0 Å². The molecule has 0 radical (unpaired) electrons. The minimum absolute atomic E-state index is 0.00460. The Bertz CT molecular complexity index is 874. The molecule has 0 bridgehead atoms. The van der Waals surface area contributed by atoms with E-state index in [0.717, 1.165) is 29.7 Å². The number of rotatable bonds is 10. The third-order valence-electron chi connectivity index (χ3n) is 5.54. The number of para-hydroxylation sites is 1. The van der Waals surface area contributed by atoms with Gasteiger partial charge >= 0.3 is 0 Å². The number of hydrogen-bond donors (Lipinski definition) is 3. The second-order valence-electron chi connectivity index (χ2n) is 7.71. The zero-order valence-corrected chi connectivity index (χ0v) is 18.7. The van der Waals surface area contributed by atoms with Crippen LogP contribution in [0, 0.1) is 0 Å². The molecule has 0 aliphatic carbocycles. The lowest BCUT2D eigenvalue weighted by Crippen LogP contribution is -2.43. The maximum absolute atomic E-state index is 12.9. The van der Waals surface area contributed by atoms with E-state index < -0.39 is 0 Å². The number of carbonyl (C=O) groups is 1. The minimum Gasteiger partial charge on any atom is -0.493 e. The highest BCUT2D eigenvalue weighted by molar-refractivity contribution is 5.82. The average Bonchev–Trinajstić information content (AvgIpc) is 3.29. The van der Waals surface area contributed by atoms with Crippen molar-refractivity contribution in [2.45, 2.75) is 51.2 Å². The summed E-state index contributed by atoms with van der Waals surface area (Å²) in [7, 11) is 3.20. The predicted molar refractivity (Wildman–Crippen MR) is 120 cm³/mol. The molecule has 1 fully saturated rings. The van der Waals surface area contributed by atoms with E-state index in [2.05, 4.69) is 23.1 Å². The molecule has 3 atom stereocenters. The Balaban J connectivity index is 1.61. The number of benzene rings is 2. The van der Waals surface area contributed by atoms with E-state index in [0.29, 0.717) is 24.5 Å². The molecule has 31 heavy (non-hydrogen) atoms. The Kier molecular flexibility index (Phi) is 8.14. The van der Waals surface area contributed by atoms with E-state index in [4.69, 9.17) is 14.2 Å². The van der Waals surface area contributed by atoms with Gasteiger partial charge in [0.25, 0.3) is 0 Å². The van der Waals surface area contributed by atoms with Gasteiger partial charge < -0.3 is 19.5 Å². The highest BCUT2D eigenvalue weighted by Crippen LogP contribution is 2.32. The molecule has 0 spiro atoms. The van der Waals surface area contributed by atoms with Gasteiger partial charge in [-0.1, -0.05) is 37.6 Å². The van der Waals surface area contributed by atoms with E-state index >= 15 is 0 Å². The first-order valence-electron chi connectivity index (χ1n) is 10.8. The van der Waals surface area contributed by atoms with Crippen LogP contribution in [0.2, 0.25) is 0 Å². The van der Waals surface area contributed by atoms with Crippen molar-refractivity contribution >= 4 is 5.91 Å². The van der Waals surface area contributed by atoms with Crippen molar-refractivity contribution in [2.24, 2.45) is 0 Å². The first-order valence-corrected chi connectivity index (χ1v) is 10.8. The van der Waals surface area contributed by atoms with Crippen molar-refractivity contribution in [1.29, 1.82) is 0 Å². The fourth-order valence-electron chi connectivity index (χ4n) is 3.68. The van der Waals surface area contributed by atoms with Crippen LogP contribution in [0.3, 0.4) is 0 Å². The van der Waals surface area contributed by atoms with Gasteiger partial charge in [0.05, 0.1) is 32.9 Å². The zero-order chi connectivity index (χ0) is 22.2. The number of amides is 1. The number of methoxy groups -OCH3 is 2. The number of ether oxygens (including phenoxy) is 3. The minimum atomic E-state index is -0.337. The third kappa shape index (κ3) is 5.68. The molecule has 168 valence electrons. The topological polar surface area (TPSA) is 80.9 Å². The van der Waals surface area contributed by atoms with E-state index in [-0.39, 0.29) is 24.0 Å². The summed E-state index contributed by atoms with van der Waals surface area (Å²) in [6, 6.07) is 13.2. The molecule has 7 nitrogen and oxygen atoms in total. The summed E-state index contributed by atoms with van der Waals surface area (Å²) in [6.07, 6.45) is 2.74. The lowest BCUT2D eigenvalue weighted by atomic mass is 10.00. The van der Waals surface area contributed by atoms with Crippen LogP contribution in [0.4, 0.5) is 0 Å². The second-order valence-corrected chi connectivity index (χ2v) is 7.71. The van der Waals surface area contributed by atoms with Crippen LogP contribution in [0.1, 0.15) is 56.3 Å². The van der Waals surface area contributed by atoms with Gasteiger partial charge in [0, 0.05) is 5.56 Å². The van der Waals surface area contributed by atoms with Gasteiger partial charge in [-0.25, -0.2) is 10.9 Å². The fraction of sp³-hybridized carbons (Fsp3) is 0.458. The summed E-state index contributed by atoms with van der Waals surface area (Å²) in [5, 5.41) is 3.09. The molecular weight excluding hydrogens is 394 g/mol. The molecule has 1 saturated heterocycles. The van der Waals surface area contributed by atoms with Crippen LogP contribution in [-0.4, -0.2) is 32.8 Å². The molecule has 3 N–H and O–H groups in total. The Labute approximate surface area is 184 Å². The molecule has 2 aromatic rings. The van der Waals surface area contributed by atoms with E-state index in [1.54, 1.807) is 14.2 Å². The zero-order valence-electron chi connectivity index (χ0n) is 18.7. The third-order valence-corrected chi connectivity index (χ3v) is 5.54. The van der Waals surface area contributed by atoms with E-state index in [1.165, 1.54) is 0 Å². The van der Waals surface area contributed by atoms with Gasteiger partial charge in [-0.2, -0.15) is 0 Å². The van der Waals surface area contributed by atoms with Crippen LogP contribution in [0.15, 0.2) is 42.5 Å². The predicted octanol–water partition coefficient (Wildman–Crippen LogP) is 3.67. The lowest BCUT2D eigenvalue weighted by Gasteiger charge is -2.19. The summed E-state index contributed by atoms with van der Waals surface area (Å²) in [6.45, 7) is 4.79. The molecular formula is C24H33N3O4. The van der Waals surface area contributed by atoms with Gasteiger partial charge in [0.1, 0.15) is 11.8 Å². The maximum atomic E-state index is 12.9. The van der Waals surface area contributed by atoms with Gasteiger partial charge in [0.2, 0.25) is 5.91 Å². The molecule has 1 aliphatic heterocycles. The van der Waals surface area contributed by atoms with Crippen LogP contribution in [0.5, 0.6) is 17.2 Å². The number of unbranched alkanes of at least 4 members (excludes halogenated alkanes) is 1. The summed E-state index contributed by atoms with van der Waals surface area (Å²) < 4.78 is 16.6. The highest BCUT2D eigenvalue weighted by atomic mass is 16.5. The van der Waals surface area contributed by atoms with Crippen LogP contribution < -0.4 is 30.4 Å². The van der Waals surface area contributed by atoms with E-state index in [1.807, 2.05) is 49.4 Å². The molecule has 7 heteroatoms. The Morgan fingerprint density at radius 1 is 1.10 bits per heavy atom. The molecule has 3 rings (SSSR count).